The summed E-state index contributed by atoms with van der Waals surface area (Å²) >= 11 is 0. The van der Waals surface area contributed by atoms with Gasteiger partial charge < -0.3 is 14.7 Å². The molecular weight excluding hydrogens is 254 g/mol. The quantitative estimate of drug-likeness (QED) is 0.843. The van der Waals surface area contributed by atoms with Gasteiger partial charge in [0.1, 0.15) is 0 Å². The van der Waals surface area contributed by atoms with Crippen molar-refractivity contribution in [1.29, 1.82) is 0 Å². The second-order valence-corrected chi connectivity index (χ2v) is 6.70. The highest BCUT2D eigenvalue weighted by atomic mass is 16.5. The van der Waals surface area contributed by atoms with E-state index >= 15 is 0 Å². The summed E-state index contributed by atoms with van der Waals surface area (Å²) in [5, 5.41) is 9.69. The Morgan fingerprint density at radius 1 is 1.25 bits per heavy atom. The minimum absolute atomic E-state index is 0.378. The first-order chi connectivity index (χ1) is 9.55. The van der Waals surface area contributed by atoms with Gasteiger partial charge in [0, 0.05) is 26.2 Å². The first-order valence-electron chi connectivity index (χ1n) is 8.13. The van der Waals surface area contributed by atoms with Crippen LogP contribution in [-0.4, -0.2) is 48.3 Å². The second-order valence-electron chi connectivity index (χ2n) is 6.70. The molecule has 1 aliphatic carbocycles. The standard InChI is InChI=1S/C16H29NO3/c1-3-20-14-6-10-17(11-7-14)12-16(15(18)19)8-4-13(2)5-9-16/h13-14H,3-12H2,1-2H3,(H,18,19). The van der Waals surface area contributed by atoms with Gasteiger partial charge in [0.15, 0.2) is 0 Å². The van der Waals surface area contributed by atoms with Gasteiger partial charge in [-0.1, -0.05) is 6.92 Å². The van der Waals surface area contributed by atoms with Crippen molar-refractivity contribution >= 4 is 5.97 Å². The molecule has 0 spiro atoms. The van der Waals surface area contributed by atoms with Gasteiger partial charge in [-0.15, -0.1) is 0 Å². The molecule has 0 aromatic heterocycles. The number of nitrogens with zero attached hydrogens (tertiary/aromatic N) is 1. The number of carboxylic acids is 1. The van der Waals surface area contributed by atoms with Crippen molar-refractivity contribution in [2.24, 2.45) is 11.3 Å². The third kappa shape index (κ3) is 3.73. The van der Waals surface area contributed by atoms with Crippen LogP contribution in [0.4, 0.5) is 0 Å². The number of ether oxygens (including phenoxy) is 1. The zero-order valence-electron chi connectivity index (χ0n) is 12.9. The molecule has 1 saturated heterocycles. The third-order valence-electron chi connectivity index (χ3n) is 5.15. The Balaban J connectivity index is 1.88. The van der Waals surface area contributed by atoms with Crippen LogP contribution in [-0.2, 0) is 9.53 Å². The fourth-order valence-corrected chi connectivity index (χ4v) is 3.65. The molecule has 2 aliphatic rings. The lowest BCUT2D eigenvalue weighted by Gasteiger charge is -2.41. The molecule has 0 aromatic rings. The lowest BCUT2D eigenvalue weighted by atomic mass is 9.70. The van der Waals surface area contributed by atoms with Crippen molar-refractivity contribution in [3.05, 3.63) is 0 Å². The van der Waals surface area contributed by atoms with E-state index in [0.29, 0.717) is 12.0 Å². The van der Waals surface area contributed by atoms with Crippen LogP contribution < -0.4 is 0 Å². The molecule has 0 atom stereocenters. The fraction of sp³-hybridized carbons (Fsp3) is 0.938. The lowest BCUT2D eigenvalue weighted by Crippen LogP contribution is -2.48. The first kappa shape index (κ1) is 15.8. The van der Waals surface area contributed by atoms with Crippen molar-refractivity contribution in [2.45, 2.75) is 58.5 Å². The van der Waals surface area contributed by atoms with E-state index in [2.05, 4.69) is 11.8 Å². The smallest absolute Gasteiger partial charge is 0.310 e. The average Bonchev–Trinajstić information content (AvgIpc) is 2.44. The summed E-state index contributed by atoms with van der Waals surface area (Å²) in [4.78, 5) is 14.1. The van der Waals surface area contributed by atoms with Crippen LogP contribution in [0.15, 0.2) is 0 Å². The Labute approximate surface area is 122 Å². The number of likely N-dealkylation sites (tertiary alicyclic amines) is 1. The molecule has 0 radical (unpaired) electrons. The van der Waals surface area contributed by atoms with Crippen molar-refractivity contribution in [3.63, 3.8) is 0 Å². The van der Waals surface area contributed by atoms with Crippen LogP contribution in [0.3, 0.4) is 0 Å². The van der Waals surface area contributed by atoms with Crippen LogP contribution in [0.25, 0.3) is 0 Å². The third-order valence-corrected chi connectivity index (χ3v) is 5.15. The first-order valence-corrected chi connectivity index (χ1v) is 8.13. The topological polar surface area (TPSA) is 49.8 Å². The number of rotatable bonds is 5. The molecule has 1 N–H and O–H groups in total. The number of carbonyl (C=O) groups is 1. The van der Waals surface area contributed by atoms with Gasteiger partial charge >= 0.3 is 5.97 Å². The molecular formula is C16H29NO3. The van der Waals surface area contributed by atoms with Crippen LogP contribution in [0, 0.1) is 11.3 Å². The van der Waals surface area contributed by atoms with E-state index in [1.54, 1.807) is 0 Å². The van der Waals surface area contributed by atoms with Crippen molar-refractivity contribution in [2.75, 3.05) is 26.2 Å². The maximum Gasteiger partial charge on any atom is 0.310 e. The molecule has 1 aliphatic heterocycles. The van der Waals surface area contributed by atoms with E-state index in [1.807, 2.05) is 6.92 Å². The van der Waals surface area contributed by atoms with E-state index in [1.165, 1.54) is 0 Å². The van der Waals surface area contributed by atoms with Gasteiger partial charge in [-0.2, -0.15) is 0 Å². The molecule has 1 heterocycles. The van der Waals surface area contributed by atoms with Crippen LogP contribution >= 0.6 is 0 Å². The van der Waals surface area contributed by atoms with Gasteiger partial charge in [-0.3, -0.25) is 4.79 Å². The zero-order chi connectivity index (χ0) is 14.6. The Morgan fingerprint density at radius 2 is 1.85 bits per heavy atom. The molecule has 2 rings (SSSR count). The monoisotopic (exact) mass is 283 g/mol. The highest BCUT2D eigenvalue weighted by Gasteiger charge is 2.42. The summed E-state index contributed by atoms with van der Waals surface area (Å²) in [6.07, 6.45) is 6.26. The van der Waals surface area contributed by atoms with E-state index < -0.39 is 11.4 Å². The maximum atomic E-state index is 11.8. The van der Waals surface area contributed by atoms with Crippen molar-refractivity contribution < 1.29 is 14.6 Å². The Bertz CT molecular complexity index is 316. The minimum Gasteiger partial charge on any atom is -0.481 e. The number of aliphatic carboxylic acids is 1. The number of piperidine rings is 1. The fourth-order valence-electron chi connectivity index (χ4n) is 3.65. The van der Waals surface area contributed by atoms with Gasteiger partial charge in [0.2, 0.25) is 0 Å². The molecule has 0 unspecified atom stereocenters. The molecule has 20 heavy (non-hydrogen) atoms. The van der Waals surface area contributed by atoms with Crippen molar-refractivity contribution in [1.82, 2.24) is 4.90 Å². The minimum atomic E-state index is -0.587. The average molecular weight is 283 g/mol. The zero-order valence-corrected chi connectivity index (χ0v) is 12.9. The van der Waals surface area contributed by atoms with E-state index in [-0.39, 0.29) is 0 Å². The molecule has 4 nitrogen and oxygen atoms in total. The highest BCUT2D eigenvalue weighted by molar-refractivity contribution is 5.75. The van der Waals surface area contributed by atoms with E-state index in [9.17, 15) is 9.90 Å². The Hall–Kier alpha value is -0.610. The van der Waals surface area contributed by atoms with Gasteiger partial charge in [0.05, 0.1) is 11.5 Å². The Kier molecular flexibility index (Phi) is 5.44. The molecule has 0 amide bonds. The number of hydrogen-bond acceptors (Lipinski definition) is 3. The maximum absolute atomic E-state index is 11.8. The van der Waals surface area contributed by atoms with Gasteiger partial charge in [-0.25, -0.2) is 0 Å². The van der Waals surface area contributed by atoms with Crippen LogP contribution in [0.5, 0.6) is 0 Å². The largest absolute Gasteiger partial charge is 0.481 e. The summed E-state index contributed by atoms with van der Waals surface area (Å²) in [5.41, 5.74) is -0.495. The number of hydrogen-bond donors (Lipinski definition) is 1. The summed E-state index contributed by atoms with van der Waals surface area (Å²) in [7, 11) is 0. The Morgan fingerprint density at radius 3 is 2.35 bits per heavy atom. The number of carboxylic acid groups (broad SMARTS) is 1. The van der Waals surface area contributed by atoms with E-state index in [4.69, 9.17) is 4.74 Å². The highest BCUT2D eigenvalue weighted by Crippen LogP contribution is 2.40. The molecule has 116 valence electrons. The predicted octanol–water partition coefficient (Wildman–Crippen LogP) is 2.77. The van der Waals surface area contributed by atoms with Crippen LogP contribution in [0.2, 0.25) is 0 Å². The normalized spacial score (nSPS) is 33.2. The molecule has 0 aromatic carbocycles. The summed E-state index contributed by atoms with van der Waals surface area (Å²) in [6, 6.07) is 0. The van der Waals surface area contributed by atoms with Gasteiger partial charge in [0.25, 0.3) is 0 Å². The summed E-state index contributed by atoms with van der Waals surface area (Å²) in [6.45, 7) is 7.74. The molecule has 2 fully saturated rings. The summed E-state index contributed by atoms with van der Waals surface area (Å²) in [5.74, 6) is 0.0995. The van der Waals surface area contributed by atoms with Crippen molar-refractivity contribution in [3.8, 4) is 0 Å². The van der Waals surface area contributed by atoms with Gasteiger partial charge in [-0.05, 0) is 51.4 Å². The molecule has 0 bridgehead atoms. The van der Waals surface area contributed by atoms with Crippen LogP contribution in [0.1, 0.15) is 52.4 Å². The SMILES string of the molecule is CCOC1CCN(CC2(C(=O)O)CCC(C)CC2)CC1. The molecule has 1 saturated carbocycles. The molecule has 4 heteroatoms. The second kappa shape index (κ2) is 6.90. The summed E-state index contributed by atoms with van der Waals surface area (Å²) < 4.78 is 5.66. The lowest BCUT2D eigenvalue weighted by molar-refractivity contribution is -0.153. The predicted molar refractivity (Wildman–Crippen MR) is 78.8 cm³/mol. The van der Waals surface area contributed by atoms with E-state index in [0.717, 1.165) is 64.8 Å².